The van der Waals surface area contributed by atoms with Gasteiger partial charge in [-0.25, -0.2) is 0 Å². The molecule has 0 atom stereocenters. The maximum Gasteiger partial charge on any atom is 0.178 e. The minimum absolute atomic E-state index is 0.647. The van der Waals surface area contributed by atoms with E-state index in [0.717, 1.165) is 34.0 Å². The Morgan fingerprint density at radius 2 is 2.00 bits per heavy atom. The summed E-state index contributed by atoms with van der Waals surface area (Å²) < 4.78 is 7.60. The molecule has 3 heterocycles. The molecule has 0 aliphatic carbocycles. The smallest absolute Gasteiger partial charge is 0.178 e. The van der Waals surface area contributed by atoms with Crippen molar-refractivity contribution in [3.63, 3.8) is 0 Å². The second kappa shape index (κ2) is 4.84. The first kappa shape index (κ1) is 12.8. The third kappa shape index (κ3) is 2.09. The van der Waals surface area contributed by atoms with E-state index in [1.54, 1.807) is 4.52 Å². The van der Waals surface area contributed by atoms with E-state index in [2.05, 4.69) is 21.4 Å². The molecule has 1 aromatic carbocycles. The number of hydrogen-bond donors (Lipinski definition) is 0. The average molecular weight is 293 g/mol. The zero-order valence-electron chi connectivity index (χ0n) is 12.4. The van der Waals surface area contributed by atoms with E-state index in [1.807, 2.05) is 55.3 Å². The molecule has 0 aliphatic heterocycles. The monoisotopic (exact) mass is 293 g/mol. The molecule has 3 aromatic heterocycles. The lowest BCUT2D eigenvalue weighted by Crippen LogP contribution is -2.18. The van der Waals surface area contributed by atoms with Crippen molar-refractivity contribution >= 4 is 22.4 Å². The molecule has 4 aromatic rings. The van der Waals surface area contributed by atoms with E-state index < -0.39 is 0 Å². The molecule has 22 heavy (non-hydrogen) atoms. The molecular weight excluding hydrogens is 278 g/mol. The molecule has 0 fully saturated rings. The Morgan fingerprint density at radius 1 is 1.14 bits per heavy atom. The summed E-state index contributed by atoms with van der Waals surface area (Å²) in [6.45, 7) is 2.53. The van der Waals surface area contributed by atoms with E-state index in [4.69, 9.17) is 4.42 Å². The zero-order chi connectivity index (χ0) is 15.1. The van der Waals surface area contributed by atoms with Gasteiger partial charge in [0, 0.05) is 12.4 Å². The molecule has 0 aliphatic rings. The summed E-state index contributed by atoms with van der Waals surface area (Å²) >= 11 is 0. The Bertz CT molecular complexity index is 922. The van der Waals surface area contributed by atoms with Gasteiger partial charge in [0.2, 0.25) is 0 Å². The molecule has 0 N–H and O–H groups in total. The standard InChI is InChI=1S/C16H15N5O/c1-11-17-18-15-7-8-16(19-21(11)15)20(2)10-13-9-12-5-3-4-6-14(12)22-13/h3-9H,10H2,1-2H3. The normalized spacial score (nSPS) is 11.4. The van der Waals surface area contributed by atoms with E-state index in [1.165, 1.54) is 0 Å². The summed E-state index contributed by atoms with van der Waals surface area (Å²) in [6.07, 6.45) is 0. The van der Waals surface area contributed by atoms with Crippen molar-refractivity contribution in [2.45, 2.75) is 13.5 Å². The summed E-state index contributed by atoms with van der Waals surface area (Å²) in [5, 5.41) is 13.7. The van der Waals surface area contributed by atoms with Crippen molar-refractivity contribution in [3.8, 4) is 0 Å². The number of rotatable bonds is 3. The Morgan fingerprint density at radius 3 is 2.86 bits per heavy atom. The maximum absolute atomic E-state index is 5.86. The fourth-order valence-corrected chi connectivity index (χ4v) is 2.52. The number of furan rings is 1. The van der Waals surface area contributed by atoms with Crippen LogP contribution in [0, 0.1) is 6.92 Å². The lowest BCUT2D eigenvalue weighted by Gasteiger charge is -2.16. The molecule has 0 bridgehead atoms. The van der Waals surface area contributed by atoms with Gasteiger partial charge in [0.05, 0.1) is 6.54 Å². The molecule has 110 valence electrons. The summed E-state index contributed by atoms with van der Waals surface area (Å²) in [7, 11) is 1.99. The predicted octanol–water partition coefficient (Wildman–Crippen LogP) is 2.82. The van der Waals surface area contributed by atoms with Crippen molar-refractivity contribution in [2.24, 2.45) is 0 Å². The topological polar surface area (TPSA) is 59.5 Å². The number of fused-ring (bicyclic) bond motifs is 2. The highest BCUT2D eigenvalue weighted by Gasteiger charge is 2.10. The third-order valence-corrected chi connectivity index (χ3v) is 3.67. The minimum atomic E-state index is 0.647. The Hall–Kier alpha value is -2.89. The molecule has 0 amide bonds. The number of aromatic nitrogens is 4. The number of anilines is 1. The number of hydrogen-bond acceptors (Lipinski definition) is 5. The van der Waals surface area contributed by atoms with E-state index in [-0.39, 0.29) is 0 Å². The van der Waals surface area contributed by atoms with Crippen molar-refractivity contribution in [1.82, 2.24) is 19.8 Å². The van der Waals surface area contributed by atoms with Crippen LogP contribution in [-0.2, 0) is 6.54 Å². The third-order valence-electron chi connectivity index (χ3n) is 3.67. The Kier molecular flexibility index (Phi) is 2.82. The second-order valence-corrected chi connectivity index (χ2v) is 5.32. The predicted molar refractivity (Wildman–Crippen MR) is 83.8 cm³/mol. The van der Waals surface area contributed by atoms with Crippen LogP contribution >= 0.6 is 0 Å². The first-order chi connectivity index (χ1) is 10.7. The van der Waals surface area contributed by atoms with Gasteiger partial charge in [-0.05, 0) is 31.2 Å². The fraction of sp³-hybridized carbons (Fsp3) is 0.188. The van der Waals surface area contributed by atoms with Crippen LogP contribution in [0.3, 0.4) is 0 Å². The van der Waals surface area contributed by atoms with Gasteiger partial charge in [-0.15, -0.1) is 15.3 Å². The molecule has 0 spiro atoms. The van der Waals surface area contributed by atoms with Crippen molar-refractivity contribution in [3.05, 3.63) is 54.0 Å². The van der Waals surface area contributed by atoms with Gasteiger partial charge < -0.3 is 9.32 Å². The number of aryl methyl sites for hydroxylation is 1. The second-order valence-electron chi connectivity index (χ2n) is 5.32. The van der Waals surface area contributed by atoms with Gasteiger partial charge in [0.25, 0.3) is 0 Å². The molecular formula is C16H15N5O. The highest BCUT2D eigenvalue weighted by molar-refractivity contribution is 5.77. The number of nitrogens with zero attached hydrogens (tertiary/aromatic N) is 5. The summed E-state index contributed by atoms with van der Waals surface area (Å²) in [5.74, 6) is 2.52. The van der Waals surface area contributed by atoms with Crippen molar-refractivity contribution in [2.75, 3.05) is 11.9 Å². The lowest BCUT2D eigenvalue weighted by atomic mass is 10.2. The highest BCUT2D eigenvalue weighted by atomic mass is 16.3. The van der Waals surface area contributed by atoms with E-state index >= 15 is 0 Å². The van der Waals surface area contributed by atoms with Crippen LogP contribution in [0.2, 0.25) is 0 Å². The van der Waals surface area contributed by atoms with E-state index in [9.17, 15) is 0 Å². The molecule has 0 saturated carbocycles. The van der Waals surface area contributed by atoms with Crippen molar-refractivity contribution in [1.29, 1.82) is 0 Å². The Labute approximate surface area is 127 Å². The van der Waals surface area contributed by atoms with Gasteiger partial charge in [-0.3, -0.25) is 0 Å². The van der Waals surface area contributed by atoms with Crippen molar-refractivity contribution < 1.29 is 4.42 Å². The van der Waals surface area contributed by atoms with Gasteiger partial charge in [-0.1, -0.05) is 18.2 Å². The summed E-state index contributed by atoms with van der Waals surface area (Å²) in [5.41, 5.74) is 1.65. The van der Waals surface area contributed by atoms with E-state index in [0.29, 0.717) is 6.54 Å². The van der Waals surface area contributed by atoms with Gasteiger partial charge in [0.1, 0.15) is 17.2 Å². The highest BCUT2D eigenvalue weighted by Crippen LogP contribution is 2.21. The van der Waals surface area contributed by atoms with Gasteiger partial charge in [0.15, 0.2) is 11.5 Å². The van der Waals surface area contributed by atoms with Crippen LogP contribution in [0.1, 0.15) is 11.6 Å². The van der Waals surface area contributed by atoms with Crippen LogP contribution in [0.4, 0.5) is 5.82 Å². The maximum atomic E-state index is 5.86. The first-order valence-electron chi connectivity index (χ1n) is 7.08. The van der Waals surface area contributed by atoms with Crippen LogP contribution < -0.4 is 4.90 Å². The Balaban J connectivity index is 1.64. The quantitative estimate of drug-likeness (QED) is 0.581. The molecule has 0 unspecified atom stereocenters. The SMILES string of the molecule is Cc1nnc2ccc(N(C)Cc3cc4ccccc4o3)nn12. The first-order valence-corrected chi connectivity index (χ1v) is 7.08. The molecule has 6 heteroatoms. The largest absolute Gasteiger partial charge is 0.459 e. The summed E-state index contributed by atoms with van der Waals surface area (Å²) in [4.78, 5) is 2.04. The van der Waals surface area contributed by atoms with Crippen LogP contribution in [0.15, 0.2) is 46.9 Å². The van der Waals surface area contributed by atoms with Gasteiger partial charge in [-0.2, -0.15) is 4.52 Å². The van der Waals surface area contributed by atoms with Crippen LogP contribution in [0.5, 0.6) is 0 Å². The number of benzene rings is 1. The average Bonchev–Trinajstić information content (AvgIpc) is 3.10. The van der Waals surface area contributed by atoms with Crippen LogP contribution in [0.25, 0.3) is 16.6 Å². The fourth-order valence-electron chi connectivity index (χ4n) is 2.52. The molecule has 0 radical (unpaired) electrons. The molecule has 0 saturated heterocycles. The molecule has 4 rings (SSSR count). The number of para-hydroxylation sites is 1. The van der Waals surface area contributed by atoms with Crippen LogP contribution in [-0.4, -0.2) is 26.9 Å². The lowest BCUT2D eigenvalue weighted by molar-refractivity contribution is 0.544. The minimum Gasteiger partial charge on any atom is -0.459 e. The van der Waals surface area contributed by atoms with Gasteiger partial charge >= 0.3 is 0 Å². The molecule has 6 nitrogen and oxygen atoms in total. The zero-order valence-corrected chi connectivity index (χ0v) is 12.4. The summed E-state index contributed by atoms with van der Waals surface area (Å²) in [6, 6.07) is 13.9.